The van der Waals surface area contributed by atoms with Crippen molar-refractivity contribution in [3.05, 3.63) is 58.4 Å². The van der Waals surface area contributed by atoms with E-state index < -0.39 is 0 Å². The number of halogens is 2. The van der Waals surface area contributed by atoms with E-state index in [0.29, 0.717) is 5.56 Å². The molecule has 0 N–H and O–H groups in total. The third-order valence-corrected chi connectivity index (χ3v) is 4.02. The van der Waals surface area contributed by atoms with Gasteiger partial charge in [-0.1, -0.05) is 28.1 Å². The Bertz CT molecular complexity index is 709. The van der Waals surface area contributed by atoms with E-state index in [9.17, 15) is 4.39 Å². The van der Waals surface area contributed by atoms with Crippen molar-refractivity contribution in [2.75, 3.05) is 0 Å². The smallest absolute Gasteiger partial charge is 0.142 e. The summed E-state index contributed by atoms with van der Waals surface area (Å²) in [5, 5.41) is 2.82. The van der Waals surface area contributed by atoms with Crippen LogP contribution in [0, 0.1) is 5.82 Å². The fraction of sp³-hybridized carbons (Fsp3) is 0. The first-order valence-electron chi connectivity index (χ1n) is 5.55. The van der Waals surface area contributed by atoms with Crippen LogP contribution in [0.1, 0.15) is 0 Å². The zero-order chi connectivity index (χ0) is 13.2. The maximum absolute atomic E-state index is 13.1. The fourth-order valence-corrected chi connectivity index (χ4v) is 2.78. The average Bonchev–Trinajstić information content (AvgIpc) is 2.89. The van der Waals surface area contributed by atoms with E-state index in [1.807, 2.05) is 29.6 Å². The molecule has 0 atom stereocenters. The van der Waals surface area contributed by atoms with Gasteiger partial charge in [-0.15, -0.1) is 11.3 Å². The lowest BCUT2D eigenvalue weighted by Gasteiger charge is -1.97. The quantitative estimate of drug-likeness (QED) is 0.674. The zero-order valence-corrected chi connectivity index (χ0v) is 12.1. The van der Waals surface area contributed by atoms with Crippen molar-refractivity contribution in [1.29, 1.82) is 0 Å². The Labute approximate surface area is 122 Å². The molecule has 0 radical (unpaired) electrons. The van der Waals surface area contributed by atoms with Crippen LogP contribution < -0.4 is 0 Å². The predicted molar refractivity (Wildman–Crippen MR) is 78.4 cm³/mol. The van der Waals surface area contributed by atoms with Crippen LogP contribution in [0.2, 0.25) is 0 Å². The van der Waals surface area contributed by atoms with Gasteiger partial charge >= 0.3 is 0 Å². The molecule has 2 nitrogen and oxygen atoms in total. The minimum atomic E-state index is -0.351. The Balaban J connectivity index is 1.97. The summed E-state index contributed by atoms with van der Waals surface area (Å²) in [6.07, 6.45) is 2.80. The molecule has 0 saturated heterocycles. The summed E-state index contributed by atoms with van der Waals surface area (Å²) >= 11 is 4.93. The summed E-state index contributed by atoms with van der Waals surface area (Å²) in [5.74, 6) is -0.351. The lowest BCUT2D eigenvalue weighted by molar-refractivity contribution is 0.622. The van der Waals surface area contributed by atoms with Crippen molar-refractivity contribution in [2.45, 2.75) is 0 Å². The van der Waals surface area contributed by atoms with Crippen molar-refractivity contribution < 1.29 is 4.39 Å². The van der Waals surface area contributed by atoms with Gasteiger partial charge in [-0.3, -0.25) is 4.98 Å². The zero-order valence-electron chi connectivity index (χ0n) is 9.68. The van der Waals surface area contributed by atoms with Crippen LogP contribution in [0.15, 0.2) is 52.6 Å². The number of pyridine rings is 1. The largest absolute Gasteiger partial charge is 0.261 e. The molecule has 3 aromatic rings. The Hall–Kier alpha value is -1.59. The van der Waals surface area contributed by atoms with Gasteiger partial charge in [0, 0.05) is 27.2 Å². The van der Waals surface area contributed by atoms with Gasteiger partial charge in [0.05, 0.1) is 11.9 Å². The van der Waals surface area contributed by atoms with Gasteiger partial charge in [0.1, 0.15) is 10.8 Å². The highest BCUT2D eigenvalue weighted by Gasteiger charge is 2.07. The molecule has 0 saturated carbocycles. The third-order valence-electron chi connectivity index (χ3n) is 2.60. The van der Waals surface area contributed by atoms with Crippen molar-refractivity contribution in [3.63, 3.8) is 0 Å². The second-order valence-electron chi connectivity index (χ2n) is 3.94. The van der Waals surface area contributed by atoms with Crippen molar-refractivity contribution in [2.24, 2.45) is 0 Å². The van der Waals surface area contributed by atoms with Crippen LogP contribution in [0.25, 0.3) is 21.8 Å². The summed E-state index contributed by atoms with van der Waals surface area (Å²) < 4.78 is 14.2. The van der Waals surface area contributed by atoms with Gasteiger partial charge in [-0.05, 0) is 18.2 Å². The SMILES string of the molecule is Fc1cncc(-c2csc(-c3ccc(Br)cc3)n2)c1. The molecule has 5 heteroatoms. The van der Waals surface area contributed by atoms with Crippen LogP contribution in [-0.4, -0.2) is 9.97 Å². The standard InChI is InChI=1S/C14H8BrFN2S/c15-11-3-1-9(2-4-11)14-18-13(8-19-14)10-5-12(16)7-17-6-10/h1-8H. The lowest BCUT2D eigenvalue weighted by Crippen LogP contribution is -1.83. The van der Waals surface area contributed by atoms with Crippen LogP contribution >= 0.6 is 27.3 Å². The number of hydrogen-bond acceptors (Lipinski definition) is 3. The molecule has 0 bridgehead atoms. The molecule has 3 rings (SSSR count). The monoisotopic (exact) mass is 334 g/mol. The van der Waals surface area contributed by atoms with Gasteiger partial charge < -0.3 is 0 Å². The highest BCUT2D eigenvalue weighted by molar-refractivity contribution is 9.10. The second kappa shape index (κ2) is 5.19. The summed E-state index contributed by atoms with van der Waals surface area (Å²) in [7, 11) is 0. The molecule has 1 aromatic carbocycles. The van der Waals surface area contributed by atoms with Gasteiger partial charge in [-0.2, -0.15) is 0 Å². The molecule has 94 valence electrons. The molecule has 2 heterocycles. The Morgan fingerprint density at radius 1 is 1.05 bits per heavy atom. The summed E-state index contributed by atoms with van der Waals surface area (Å²) in [6, 6.07) is 9.38. The molecule has 19 heavy (non-hydrogen) atoms. The van der Waals surface area contributed by atoms with Gasteiger partial charge in [0.25, 0.3) is 0 Å². The van der Waals surface area contributed by atoms with Crippen LogP contribution in [0.4, 0.5) is 4.39 Å². The van der Waals surface area contributed by atoms with E-state index in [4.69, 9.17) is 0 Å². The maximum Gasteiger partial charge on any atom is 0.142 e. The van der Waals surface area contributed by atoms with Gasteiger partial charge in [0.2, 0.25) is 0 Å². The van der Waals surface area contributed by atoms with E-state index in [0.717, 1.165) is 20.7 Å². The van der Waals surface area contributed by atoms with E-state index in [-0.39, 0.29) is 5.82 Å². The Morgan fingerprint density at radius 2 is 1.84 bits per heavy atom. The van der Waals surface area contributed by atoms with Crippen LogP contribution in [-0.2, 0) is 0 Å². The number of aromatic nitrogens is 2. The highest BCUT2D eigenvalue weighted by atomic mass is 79.9. The minimum Gasteiger partial charge on any atom is -0.261 e. The molecule has 0 fully saturated rings. The third kappa shape index (κ3) is 2.72. The number of benzene rings is 1. The molecular formula is C14H8BrFN2S. The van der Waals surface area contributed by atoms with Crippen LogP contribution in [0.5, 0.6) is 0 Å². The van der Waals surface area contributed by atoms with E-state index in [1.165, 1.54) is 23.6 Å². The first-order valence-corrected chi connectivity index (χ1v) is 7.22. The predicted octanol–water partition coefficient (Wildman–Crippen LogP) is 4.77. The highest BCUT2D eigenvalue weighted by Crippen LogP contribution is 2.29. The normalized spacial score (nSPS) is 10.6. The number of nitrogens with zero attached hydrogens (tertiary/aromatic N) is 2. The molecule has 0 spiro atoms. The average molecular weight is 335 g/mol. The first-order chi connectivity index (χ1) is 9.22. The minimum absolute atomic E-state index is 0.351. The molecule has 0 aliphatic heterocycles. The summed E-state index contributed by atoms with van der Waals surface area (Å²) in [6.45, 7) is 0. The molecule has 0 aliphatic rings. The summed E-state index contributed by atoms with van der Waals surface area (Å²) in [5.41, 5.74) is 2.48. The van der Waals surface area contributed by atoms with E-state index in [2.05, 4.69) is 25.9 Å². The molecule has 0 aliphatic carbocycles. The van der Waals surface area contributed by atoms with Gasteiger partial charge in [0.15, 0.2) is 0 Å². The topological polar surface area (TPSA) is 25.8 Å². The molecule has 2 aromatic heterocycles. The van der Waals surface area contributed by atoms with E-state index >= 15 is 0 Å². The molecular weight excluding hydrogens is 327 g/mol. The summed E-state index contributed by atoms with van der Waals surface area (Å²) in [4.78, 5) is 8.36. The Kier molecular flexibility index (Phi) is 3.40. The van der Waals surface area contributed by atoms with Crippen molar-refractivity contribution in [1.82, 2.24) is 9.97 Å². The van der Waals surface area contributed by atoms with Gasteiger partial charge in [-0.25, -0.2) is 9.37 Å². The van der Waals surface area contributed by atoms with Crippen LogP contribution in [0.3, 0.4) is 0 Å². The van der Waals surface area contributed by atoms with E-state index in [1.54, 1.807) is 6.20 Å². The Morgan fingerprint density at radius 3 is 2.58 bits per heavy atom. The molecule has 0 unspecified atom stereocenters. The number of hydrogen-bond donors (Lipinski definition) is 0. The molecule has 0 amide bonds. The van der Waals surface area contributed by atoms with Crippen molar-refractivity contribution in [3.8, 4) is 21.8 Å². The number of rotatable bonds is 2. The first kappa shape index (κ1) is 12.4. The van der Waals surface area contributed by atoms with Crippen molar-refractivity contribution >= 4 is 27.3 Å². The maximum atomic E-state index is 13.1. The second-order valence-corrected chi connectivity index (χ2v) is 5.71. The fourth-order valence-electron chi connectivity index (χ4n) is 1.68. The number of thiazole rings is 1. The lowest BCUT2D eigenvalue weighted by atomic mass is 10.2.